The summed E-state index contributed by atoms with van der Waals surface area (Å²) in [6.07, 6.45) is 5.09. The number of hydrogen-bond acceptors (Lipinski definition) is 4. The van der Waals surface area contributed by atoms with E-state index in [0.717, 1.165) is 18.5 Å². The summed E-state index contributed by atoms with van der Waals surface area (Å²) in [5.41, 5.74) is 0.785. The van der Waals surface area contributed by atoms with E-state index in [-0.39, 0.29) is 17.4 Å². The number of sulfone groups is 1. The summed E-state index contributed by atoms with van der Waals surface area (Å²) in [4.78, 5) is 0. The number of aliphatic hydroxyl groups is 1. The van der Waals surface area contributed by atoms with Crippen LogP contribution in [0, 0.1) is 5.92 Å². The Morgan fingerprint density at radius 2 is 2.39 bits per heavy atom. The fourth-order valence-electron chi connectivity index (χ4n) is 2.41. The molecule has 18 heavy (non-hydrogen) atoms. The summed E-state index contributed by atoms with van der Waals surface area (Å²) in [5, 5.41) is 14.3. The molecule has 0 aliphatic carbocycles. The van der Waals surface area contributed by atoms with Crippen LogP contribution in [0.2, 0.25) is 0 Å². The van der Waals surface area contributed by atoms with Crippen molar-refractivity contribution >= 4 is 9.84 Å². The second-order valence-corrected chi connectivity index (χ2v) is 7.29. The van der Waals surface area contributed by atoms with Gasteiger partial charge in [-0.3, -0.25) is 4.68 Å². The minimum absolute atomic E-state index is 0.0829. The quantitative estimate of drug-likeness (QED) is 0.872. The summed E-state index contributed by atoms with van der Waals surface area (Å²) in [6, 6.07) is 0. The SMILES string of the molecule is CCCn1cc(C(O)CC2CCS(=O)(=O)C2)cn1. The Labute approximate surface area is 108 Å². The van der Waals surface area contributed by atoms with Crippen molar-refractivity contribution in [2.45, 2.75) is 38.8 Å². The maximum atomic E-state index is 11.4. The minimum Gasteiger partial charge on any atom is -0.388 e. The molecule has 6 heteroatoms. The first-order valence-corrected chi connectivity index (χ1v) is 8.23. The van der Waals surface area contributed by atoms with Gasteiger partial charge in [0, 0.05) is 18.3 Å². The largest absolute Gasteiger partial charge is 0.388 e. The Morgan fingerprint density at radius 1 is 1.61 bits per heavy atom. The van der Waals surface area contributed by atoms with Crippen LogP contribution in [0.3, 0.4) is 0 Å². The van der Waals surface area contributed by atoms with Gasteiger partial charge in [0.25, 0.3) is 0 Å². The summed E-state index contributed by atoms with van der Waals surface area (Å²) in [6.45, 7) is 2.91. The van der Waals surface area contributed by atoms with Crippen LogP contribution in [0.5, 0.6) is 0 Å². The highest BCUT2D eigenvalue weighted by atomic mass is 32.2. The molecule has 0 bridgehead atoms. The van der Waals surface area contributed by atoms with Gasteiger partial charge in [0.15, 0.2) is 9.84 Å². The number of aliphatic hydroxyl groups excluding tert-OH is 1. The van der Waals surface area contributed by atoms with Gasteiger partial charge in [0.1, 0.15) is 0 Å². The van der Waals surface area contributed by atoms with Crippen LogP contribution in [0.25, 0.3) is 0 Å². The van der Waals surface area contributed by atoms with Crippen molar-refractivity contribution in [2.75, 3.05) is 11.5 Å². The average Bonchev–Trinajstić information content (AvgIpc) is 2.86. The molecule has 2 rings (SSSR count). The zero-order chi connectivity index (χ0) is 13.2. The number of rotatable bonds is 5. The third-order valence-electron chi connectivity index (χ3n) is 3.37. The second kappa shape index (κ2) is 5.40. The van der Waals surface area contributed by atoms with Crippen LogP contribution < -0.4 is 0 Å². The summed E-state index contributed by atoms with van der Waals surface area (Å²) in [7, 11) is -2.86. The molecule has 1 aromatic rings. The molecule has 5 nitrogen and oxygen atoms in total. The predicted molar refractivity (Wildman–Crippen MR) is 68.9 cm³/mol. The van der Waals surface area contributed by atoms with Gasteiger partial charge in [-0.15, -0.1) is 0 Å². The van der Waals surface area contributed by atoms with Crippen LogP contribution in [-0.2, 0) is 16.4 Å². The monoisotopic (exact) mass is 272 g/mol. The Kier molecular flexibility index (Phi) is 4.07. The van der Waals surface area contributed by atoms with Crippen molar-refractivity contribution in [2.24, 2.45) is 5.92 Å². The predicted octanol–water partition coefficient (Wildman–Crippen LogP) is 1.15. The van der Waals surface area contributed by atoms with E-state index in [2.05, 4.69) is 12.0 Å². The second-order valence-electron chi connectivity index (χ2n) is 5.06. The Hall–Kier alpha value is -0.880. The molecule has 1 aliphatic rings. The van der Waals surface area contributed by atoms with Gasteiger partial charge in [0.2, 0.25) is 0 Å². The van der Waals surface area contributed by atoms with E-state index in [4.69, 9.17) is 0 Å². The summed E-state index contributed by atoms with van der Waals surface area (Å²) < 4.78 is 24.5. The van der Waals surface area contributed by atoms with Gasteiger partial charge in [-0.1, -0.05) is 6.92 Å². The highest BCUT2D eigenvalue weighted by Gasteiger charge is 2.29. The molecule has 2 atom stereocenters. The normalized spacial score (nSPS) is 24.2. The number of aromatic nitrogens is 2. The molecule has 102 valence electrons. The minimum atomic E-state index is -2.86. The van der Waals surface area contributed by atoms with Crippen molar-refractivity contribution in [3.63, 3.8) is 0 Å². The lowest BCUT2D eigenvalue weighted by Crippen LogP contribution is -2.09. The topological polar surface area (TPSA) is 72.2 Å². The molecular weight excluding hydrogens is 252 g/mol. The van der Waals surface area contributed by atoms with Crippen LogP contribution in [-0.4, -0.2) is 34.8 Å². The van der Waals surface area contributed by atoms with Crippen molar-refractivity contribution in [1.29, 1.82) is 0 Å². The van der Waals surface area contributed by atoms with Crippen LogP contribution in [0.1, 0.15) is 37.9 Å². The molecule has 1 aliphatic heterocycles. The van der Waals surface area contributed by atoms with E-state index in [9.17, 15) is 13.5 Å². The Balaban J connectivity index is 1.93. The first-order chi connectivity index (χ1) is 8.50. The number of aryl methyl sites for hydroxylation is 1. The van der Waals surface area contributed by atoms with Gasteiger partial charge in [-0.05, 0) is 25.2 Å². The van der Waals surface area contributed by atoms with Gasteiger partial charge in [0.05, 0.1) is 23.8 Å². The molecule has 0 amide bonds. The van der Waals surface area contributed by atoms with Crippen LogP contribution in [0.15, 0.2) is 12.4 Å². The highest BCUT2D eigenvalue weighted by molar-refractivity contribution is 7.91. The average molecular weight is 272 g/mol. The summed E-state index contributed by atoms with van der Waals surface area (Å²) >= 11 is 0. The maximum absolute atomic E-state index is 11.4. The van der Waals surface area contributed by atoms with Crippen LogP contribution >= 0.6 is 0 Å². The van der Waals surface area contributed by atoms with Gasteiger partial charge in [-0.25, -0.2) is 8.42 Å². The molecule has 0 spiro atoms. The molecule has 1 N–H and O–H groups in total. The molecule has 0 radical (unpaired) electrons. The number of nitrogens with zero attached hydrogens (tertiary/aromatic N) is 2. The van der Waals surface area contributed by atoms with E-state index in [1.54, 1.807) is 6.20 Å². The third kappa shape index (κ3) is 3.32. The van der Waals surface area contributed by atoms with Crippen molar-refractivity contribution in [3.8, 4) is 0 Å². The lowest BCUT2D eigenvalue weighted by molar-refractivity contribution is 0.148. The van der Waals surface area contributed by atoms with Crippen molar-refractivity contribution in [3.05, 3.63) is 18.0 Å². The van der Waals surface area contributed by atoms with Crippen LogP contribution in [0.4, 0.5) is 0 Å². The summed E-state index contributed by atoms with van der Waals surface area (Å²) in [5.74, 6) is 0.562. The smallest absolute Gasteiger partial charge is 0.150 e. The highest BCUT2D eigenvalue weighted by Crippen LogP contribution is 2.28. The maximum Gasteiger partial charge on any atom is 0.150 e. The molecule has 0 aromatic carbocycles. The third-order valence-corrected chi connectivity index (χ3v) is 5.21. The standard InChI is InChI=1S/C12H20N2O3S/c1-2-4-14-8-11(7-13-14)12(15)6-10-3-5-18(16,17)9-10/h7-8,10,12,15H,2-6,9H2,1H3. The van der Waals surface area contributed by atoms with Crippen molar-refractivity contribution < 1.29 is 13.5 Å². The lowest BCUT2D eigenvalue weighted by atomic mass is 9.98. The molecule has 2 unspecified atom stereocenters. The Morgan fingerprint density at radius 3 is 3.00 bits per heavy atom. The zero-order valence-electron chi connectivity index (χ0n) is 10.6. The van der Waals surface area contributed by atoms with Gasteiger partial charge >= 0.3 is 0 Å². The van der Waals surface area contributed by atoms with E-state index in [1.165, 1.54) is 0 Å². The molecule has 0 saturated carbocycles. The Bertz CT molecular complexity index is 495. The fraction of sp³-hybridized carbons (Fsp3) is 0.750. The molecule has 1 aromatic heterocycles. The number of hydrogen-bond donors (Lipinski definition) is 1. The molecule has 2 heterocycles. The van der Waals surface area contributed by atoms with E-state index >= 15 is 0 Å². The van der Waals surface area contributed by atoms with Crippen molar-refractivity contribution in [1.82, 2.24) is 9.78 Å². The lowest BCUT2D eigenvalue weighted by Gasteiger charge is -2.12. The van der Waals surface area contributed by atoms with Gasteiger partial charge < -0.3 is 5.11 Å². The zero-order valence-corrected chi connectivity index (χ0v) is 11.4. The molecule has 1 saturated heterocycles. The first kappa shape index (κ1) is 13.5. The van der Waals surface area contributed by atoms with Gasteiger partial charge in [-0.2, -0.15) is 5.10 Å². The first-order valence-electron chi connectivity index (χ1n) is 6.41. The van der Waals surface area contributed by atoms with E-state index in [1.807, 2.05) is 10.9 Å². The molecular formula is C12H20N2O3S. The fourth-order valence-corrected chi connectivity index (χ4v) is 4.29. The van der Waals surface area contributed by atoms with E-state index < -0.39 is 15.9 Å². The van der Waals surface area contributed by atoms with E-state index in [0.29, 0.717) is 12.8 Å². The molecule has 1 fully saturated rings.